The molecule has 0 aliphatic carbocycles. The molecular weight excluding hydrogens is 244 g/mol. The molecule has 2 fully saturated rings. The number of hydrogen-bond donors (Lipinski definition) is 2. The number of carbonyl (C=O) groups is 2. The molecule has 0 saturated carbocycles. The average molecular weight is 268 g/mol. The minimum atomic E-state index is -0.550. The fourth-order valence-electron chi connectivity index (χ4n) is 3.30. The van der Waals surface area contributed by atoms with E-state index in [4.69, 9.17) is 11.5 Å². The second-order valence-electron chi connectivity index (χ2n) is 5.53. The van der Waals surface area contributed by atoms with Gasteiger partial charge in [-0.25, -0.2) is 0 Å². The Morgan fingerprint density at radius 1 is 1.00 bits per heavy atom. The molecule has 0 radical (unpaired) electrons. The molecule has 2 aliphatic rings. The van der Waals surface area contributed by atoms with E-state index in [1.165, 1.54) is 6.42 Å². The van der Waals surface area contributed by atoms with Gasteiger partial charge in [-0.05, 0) is 38.8 Å². The molecule has 6 heteroatoms. The number of nitrogens with zero attached hydrogens (tertiary/aromatic N) is 2. The minimum absolute atomic E-state index is 0.0350. The summed E-state index contributed by atoms with van der Waals surface area (Å²) in [4.78, 5) is 27.5. The molecule has 2 amide bonds. The first-order valence-corrected chi connectivity index (χ1v) is 7.13. The Morgan fingerprint density at radius 3 is 2.05 bits per heavy atom. The van der Waals surface area contributed by atoms with Crippen LogP contribution in [-0.2, 0) is 9.59 Å². The average Bonchev–Trinajstić information content (AvgIpc) is 2.47. The summed E-state index contributed by atoms with van der Waals surface area (Å²) < 4.78 is 0. The Hall–Kier alpha value is -1.14. The Kier molecular flexibility index (Phi) is 4.42. The normalized spacial score (nSPS) is 24.2. The Bertz CT molecular complexity index is 345. The molecule has 0 aromatic heterocycles. The summed E-state index contributed by atoms with van der Waals surface area (Å²) in [5.74, 6) is -0.286. The highest BCUT2D eigenvalue weighted by atomic mass is 16.2. The van der Waals surface area contributed by atoms with E-state index in [9.17, 15) is 9.59 Å². The number of rotatable bonds is 3. The molecule has 108 valence electrons. The van der Waals surface area contributed by atoms with Crippen molar-refractivity contribution in [1.82, 2.24) is 9.80 Å². The van der Waals surface area contributed by atoms with E-state index in [1.54, 1.807) is 4.90 Å². The van der Waals surface area contributed by atoms with Crippen molar-refractivity contribution in [3.63, 3.8) is 0 Å². The van der Waals surface area contributed by atoms with Gasteiger partial charge in [-0.3, -0.25) is 14.5 Å². The van der Waals surface area contributed by atoms with Crippen molar-refractivity contribution in [2.45, 2.75) is 37.6 Å². The van der Waals surface area contributed by atoms with E-state index in [2.05, 4.69) is 4.90 Å². The van der Waals surface area contributed by atoms with Crippen LogP contribution in [0.1, 0.15) is 32.1 Å². The third-order valence-corrected chi connectivity index (χ3v) is 4.54. The van der Waals surface area contributed by atoms with Crippen LogP contribution < -0.4 is 11.5 Å². The summed E-state index contributed by atoms with van der Waals surface area (Å²) in [5.41, 5.74) is 10.5. The monoisotopic (exact) mass is 268 g/mol. The van der Waals surface area contributed by atoms with Crippen LogP contribution in [0.3, 0.4) is 0 Å². The second-order valence-corrected chi connectivity index (χ2v) is 5.53. The van der Waals surface area contributed by atoms with Crippen LogP contribution in [0.5, 0.6) is 0 Å². The van der Waals surface area contributed by atoms with Gasteiger partial charge in [-0.1, -0.05) is 6.42 Å². The first-order chi connectivity index (χ1) is 9.10. The van der Waals surface area contributed by atoms with Crippen molar-refractivity contribution >= 4 is 11.8 Å². The van der Waals surface area contributed by atoms with Crippen LogP contribution >= 0.6 is 0 Å². The topological polar surface area (TPSA) is 92.7 Å². The lowest BCUT2D eigenvalue weighted by molar-refractivity contribution is -0.141. The molecule has 0 unspecified atom stereocenters. The predicted octanol–water partition coefficient (Wildman–Crippen LogP) is -0.722. The number of primary amides is 1. The van der Waals surface area contributed by atoms with Crippen LogP contribution in [0.4, 0.5) is 0 Å². The van der Waals surface area contributed by atoms with Gasteiger partial charge >= 0.3 is 0 Å². The van der Waals surface area contributed by atoms with Crippen molar-refractivity contribution < 1.29 is 9.59 Å². The largest absolute Gasteiger partial charge is 0.368 e. The fraction of sp³-hybridized carbons (Fsp3) is 0.846. The van der Waals surface area contributed by atoms with Gasteiger partial charge in [-0.15, -0.1) is 0 Å². The first kappa shape index (κ1) is 14.3. The van der Waals surface area contributed by atoms with Crippen LogP contribution in [-0.4, -0.2) is 59.9 Å². The highest BCUT2D eigenvalue weighted by molar-refractivity contribution is 5.85. The maximum atomic E-state index is 12.0. The molecule has 2 aliphatic heterocycles. The smallest absolute Gasteiger partial charge is 0.238 e. The minimum Gasteiger partial charge on any atom is -0.368 e. The SMILES string of the molecule is NCC(=O)N1CCC(C(N)=O)(N2CCCCC2)CC1. The van der Waals surface area contributed by atoms with Gasteiger partial charge in [0.25, 0.3) is 0 Å². The van der Waals surface area contributed by atoms with Gasteiger partial charge in [0, 0.05) is 13.1 Å². The molecule has 0 aromatic carbocycles. The van der Waals surface area contributed by atoms with Gasteiger partial charge in [0.2, 0.25) is 11.8 Å². The van der Waals surface area contributed by atoms with Crippen LogP contribution in [0.25, 0.3) is 0 Å². The number of likely N-dealkylation sites (tertiary alicyclic amines) is 2. The standard InChI is InChI=1S/C13H24N4O2/c14-10-11(18)16-8-4-13(5-9-16,12(15)19)17-6-2-1-3-7-17/h1-10,14H2,(H2,15,19). The summed E-state index contributed by atoms with van der Waals surface area (Å²) >= 11 is 0. The van der Waals surface area contributed by atoms with E-state index in [0.29, 0.717) is 25.9 Å². The number of amides is 2. The molecule has 0 bridgehead atoms. The Morgan fingerprint density at radius 2 is 1.58 bits per heavy atom. The summed E-state index contributed by atoms with van der Waals surface area (Å²) in [6, 6.07) is 0. The van der Waals surface area contributed by atoms with E-state index in [1.807, 2.05) is 0 Å². The molecule has 0 atom stereocenters. The zero-order valence-electron chi connectivity index (χ0n) is 11.4. The summed E-state index contributed by atoms with van der Waals surface area (Å²) in [5, 5.41) is 0. The molecule has 0 aromatic rings. The quantitative estimate of drug-likeness (QED) is 0.706. The fourth-order valence-corrected chi connectivity index (χ4v) is 3.30. The summed E-state index contributed by atoms with van der Waals surface area (Å²) in [7, 11) is 0. The highest BCUT2D eigenvalue weighted by Crippen LogP contribution is 2.31. The van der Waals surface area contributed by atoms with Gasteiger partial charge in [-0.2, -0.15) is 0 Å². The van der Waals surface area contributed by atoms with Crippen molar-refractivity contribution in [1.29, 1.82) is 0 Å². The Labute approximate surface area is 114 Å². The Balaban J connectivity index is 2.06. The van der Waals surface area contributed by atoms with Crippen molar-refractivity contribution in [2.75, 3.05) is 32.7 Å². The highest BCUT2D eigenvalue weighted by Gasteiger charge is 2.45. The zero-order valence-corrected chi connectivity index (χ0v) is 11.4. The lowest BCUT2D eigenvalue weighted by atomic mass is 9.83. The molecule has 4 N–H and O–H groups in total. The molecule has 2 heterocycles. The maximum Gasteiger partial charge on any atom is 0.238 e. The van der Waals surface area contributed by atoms with Crippen molar-refractivity contribution in [3.8, 4) is 0 Å². The molecule has 19 heavy (non-hydrogen) atoms. The van der Waals surface area contributed by atoms with Crippen molar-refractivity contribution in [2.24, 2.45) is 11.5 Å². The molecule has 2 rings (SSSR count). The van der Waals surface area contributed by atoms with Crippen LogP contribution in [0.2, 0.25) is 0 Å². The maximum absolute atomic E-state index is 12.0. The third-order valence-electron chi connectivity index (χ3n) is 4.54. The van der Waals surface area contributed by atoms with E-state index in [-0.39, 0.29) is 18.4 Å². The van der Waals surface area contributed by atoms with Gasteiger partial charge in [0.15, 0.2) is 0 Å². The number of carbonyl (C=O) groups excluding carboxylic acids is 2. The van der Waals surface area contributed by atoms with E-state index < -0.39 is 5.54 Å². The second kappa shape index (κ2) is 5.88. The van der Waals surface area contributed by atoms with Gasteiger partial charge in [0.05, 0.1) is 6.54 Å². The lowest BCUT2D eigenvalue weighted by Gasteiger charge is -2.48. The predicted molar refractivity (Wildman–Crippen MR) is 72.2 cm³/mol. The summed E-state index contributed by atoms with van der Waals surface area (Å²) in [6.07, 6.45) is 4.74. The molecular formula is C13H24N4O2. The van der Waals surface area contributed by atoms with E-state index in [0.717, 1.165) is 25.9 Å². The lowest BCUT2D eigenvalue weighted by Crippen LogP contribution is -2.64. The van der Waals surface area contributed by atoms with Crippen LogP contribution in [0, 0.1) is 0 Å². The third kappa shape index (κ3) is 2.74. The van der Waals surface area contributed by atoms with Gasteiger partial charge in [0.1, 0.15) is 5.54 Å². The number of piperidine rings is 2. The molecule has 0 spiro atoms. The summed E-state index contributed by atoms with van der Waals surface area (Å²) in [6.45, 7) is 3.07. The first-order valence-electron chi connectivity index (χ1n) is 7.13. The number of nitrogens with two attached hydrogens (primary N) is 2. The van der Waals surface area contributed by atoms with Crippen molar-refractivity contribution in [3.05, 3.63) is 0 Å². The van der Waals surface area contributed by atoms with Crippen LogP contribution in [0.15, 0.2) is 0 Å². The molecule has 2 saturated heterocycles. The number of hydrogen-bond acceptors (Lipinski definition) is 4. The van der Waals surface area contributed by atoms with Gasteiger partial charge < -0.3 is 16.4 Å². The molecule has 6 nitrogen and oxygen atoms in total. The zero-order chi connectivity index (χ0) is 13.9. The van der Waals surface area contributed by atoms with E-state index >= 15 is 0 Å².